The van der Waals surface area contributed by atoms with Crippen LogP contribution in [0.3, 0.4) is 0 Å². The van der Waals surface area contributed by atoms with Crippen LogP contribution in [-0.2, 0) is 11.0 Å². The predicted molar refractivity (Wildman–Crippen MR) is 104 cm³/mol. The molecule has 154 valence electrons. The number of piperidine rings is 1. The minimum atomic E-state index is -4.36. The van der Waals surface area contributed by atoms with Gasteiger partial charge >= 0.3 is 6.18 Å². The lowest BCUT2D eigenvalue weighted by Crippen LogP contribution is -2.42. The maximum absolute atomic E-state index is 12.9. The molecule has 1 heterocycles. The molecule has 0 bridgehead atoms. The number of ether oxygens (including phenoxy) is 1. The molecule has 2 aromatic carbocycles. The lowest BCUT2D eigenvalue weighted by Gasteiger charge is -2.33. The molecule has 0 N–H and O–H groups in total. The van der Waals surface area contributed by atoms with Crippen molar-refractivity contribution in [3.8, 4) is 5.75 Å². The van der Waals surface area contributed by atoms with Crippen molar-refractivity contribution in [2.45, 2.75) is 31.4 Å². The van der Waals surface area contributed by atoms with Gasteiger partial charge < -0.3 is 9.64 Å². The quantitative estimate of drug-likeness (QED) is 0.693. The van der Waals surface area contributed by atoms with Gasteiger partial charge in [0.25, 0.3) is 0 Å². The van der Waals surface area contributed by atoms with E-state index >= 15 is 0 Å². The summed E-state index contributed by atoms with van der Waals surface area (Å²) in [5.74, 6) is 0.858. The van der Waals surface area contributed by atoms with E-state index < -0.39 is 11.7 Å². The van der Waals surface area contributed by atoms with E-state index in [1.807, 2.05) is 35.2 Å². The first kappa shape index (κ1) is 19.8. The van der Waals surface area contributed by atoms with Crippen LogP contribution in [0.1, 0.15) is 36.3 Å². The molecule has 3 atom stereocenters. The number of carbonyl (C=O) groups excluding carboxylic acids is 1. The zero-order chi connectivity index (χ0) is 20.4. The molecule has 2 aromatic rings. The van der Waals surface area contributed by atoms with Gasteiger partial charge in [-0.3, -0.25) is 4.79 Å². The van der Waals surface area contributed by atoms with Crippen molar-refractivity contribution in [1.29, 1.82) is 0 Å². The summed E-state index contributed by atoms with van der Waals surface area (Å²) in [6, 6.07) is 15.0. The smallest absolute Gasteiger partial charge is 0.416 e. The van der Waals surface area contributed by atoms with Crippen LogP contribution < -0.4 is 4.74 Å². The number of hydrogen-bond donors (Lipinski definition) is 0. The summed E-state index contributed by atoms with van der Waals surface area (Å²) >= 11 is 0. The highest BCUT2D eigenvalue weighted by Gasteiger charge is 2.47. The highest BCUT2D eigenvalue weighted by molar-refractivity contribution is 5.83. The van der Waals surface area contributed by atoms with E-state index in [4.69, 9.17) is 4.74 Å². The molecule has 1 saturated carbocycles. The Hall–Kier alpha value is -2.50. The van der Waals surface area contributed by atoms with Crippen LogP contribution in [0.4, 0.5) is 13.2 Å². The Kier molecular flexibility index (Phi) is 5.52. The molecule has 0 radical (unpaired) electrons. The zero-order valence-electron chi connectivity index (χ0n) is 16.1. The summed E-state index contributed by atoms with van der Waals surface area (Å²) < 4.78 is 44.7. The topological polar surface area (TPSA) is 29.5 Å². The Morgan fingerprint density at radius 1 is 1.10 bits per heavy atom. The van der Waals surface area contributed by atoms with Gasteiger partial charge in [-0.15, -0.1) is 0 Å². The van der Waals surface area contributed by atoms with Crippen LogP contribution in [0.5, 0.6) is 5.75 Å². The van der Waals surface area contributed by atoms with Crippen LogP contribution in [-0.4, -0.2) is 30.5 Å². The largest absolute Gasteiger partial charge is 0.493 e. The molecular weight excluding hydrogens is 379 g/mol. The molecule has 29 heavy (non-hydrogen) atoms. The second-order valence-electron chi connectivity index (χ2n) is 7.99. The molecule has 0 aromatic heterocycles. The maximum atomic E-state index is 12.9. The number of alkyl halides is 3. The third kappa shape index (κ3) is 4.74. The van der Waals surface area contributed by atoms with Crippen LogP contribution in [0, 0.1) is 11.8 Å². The Bertz CT molecular complexity index is 853. The minimum Gasteiger partial charge on any atom is -0.493 e. The van der Waals surface area contributed by atoms with Crippen LogP contribution >= 0.6 is 0 Å². The molecule has 3 nitrogen and oxygen atoms in total. The molecule has 1 saturated heterocycles. The average molecular weight is 403 g/mol. The number of amides is 1. The molecular formula is C23H24F3NO2. The molecule has 0 spiro atoms. The third-order valence-corrected chi connectivity index (χ3v) is 5.81. The van der Waals surface area contributed by atoms with Crippen LogP contribution in [0.2, 0.25) is 0 Å². The van der Waals surface area contributed by atoms with Crippen molar-refractivity contribution in [2.75, 3.05) is 19.7 Å². The second-order valence-corrected chi connectivity index (χ2v) is 7.99. The van der Waals surface area contributed by atoms with Crippen molar-refractivity contribution in [1.82, 2.24) is 4.90 Å². The van der Waals surface area contributed by atoms with E-state index in [2.05, 4.69) is 0 Å². The molecule has 1 amide bonds. The lowest BCUT2D eigenvalue weighted by atomic mass is 9.98. The fourth-order valence-corrected chi connectivity index (χ4v) is 4.15. The van der Waals surface area contributed by atoms with Gasteiger partial charge in [0, 0.05) is 24.9 Å². The monoisotopic (exact) mass is 403 g/mol. The number of carbonyl (C=O) groups is 1. The SMILES string of the molecule is O=C(C1CC1c1cccc(C(F)(F)F)c1)N1CCCC(COc2ccccc2)C1. The van der Waals surface area contributed by atoms with Gasteiger partial charge in [0.2, 0.25) is 5.91 Å². The van der Waals surface area contributed by atoms with Crippen LogP contribution in [0.25, 0.3) is 0 Å². The number of benzene rings is 2. The molecule has 3 unspecified atom stereocenters. The van der Waals surface area contributed by atoms with Crippen molar-refractivity contribution in [3.05, 3.63) is 65.7 Å². The number of nitrogens with zero attached hydrogens (tertiary/aromatic N) is 1. The predicted octanol–water partition coefficient (Wildman–Crippen LogP) is 5.13. The van der Waals surface area contributed by atoms with Gasteiger partial charge in [0.05, 0.1) is 12.2 Å². The third-order valence-electron chi connectivity index (χ3n) is 5.81. The Morgan fingerprint density at radius 2 is 1.90 bits per heavy atom. The Balaban J connectivity index is 1.33. The van der Waals surface area contributed by atoms with Gasteiger partial charge in [0.15, 0.2) is 0 Å². The summed E-state index contributed by atoms with van der Waals surface area (Å²) in [5, 5.41) is 0. The fraction of sp³-hybridized carbons (Fsp3) is 0.435. The second kappa shape index (κ2) is 8.09. The molecule has 1 aliphatic carbocycles. The first-order chi connectivity index (χ1) is 13.9. The number of para-hydroxylation sites is 1. The Morgan fingerprint density at radius 3 is 2.66 bits per heavy atom. The summed E-state index contributed by atoms with van der Waals surface area (Å²) in [4.78, 5) is 14.8. The highest BCUT2D eigenvalue weighted by Crippen LogP contribution is 2.49. The molecule has 2 fully saturated rings. The van der Waals surface area contributed by atoms with Crippen molar-refractivity contribution < 1.29 is 22.7 Å². The average Bonchev–Trinajstić information content (AvgIpc) is 3.53. The van der Waals surface area contributed by atoms with Gasteiger partial charge in [-0.2, -0.15) is 13.2 Å². The summed E-state index contributed by atoms with van der Waals surface area (Å²) in [7, 11) is 0. The van der Waals surface area contributed by atoms with E-state index in [9.17, 15) is 18.0 Å². The fourth-order valence-electron chi connectivity index (χ4n) is 4.15. The molecule has 6 heteroatoms. The van der Waals surface area contributed by atoms with E-state index in [0.717, 1.165) is 24.7 Å². The normalized spacial score (nSPS) is 24.2. The van der Waals surface area contributed by atoms with Crippen molar-refractivity contribution >= 4 is 5.91 Å². The minimum absolute atomic E-state index is 0.0665. The van der Waals surface area contributed by atoms with E-state index in [1.54, 1.807) is 6.07 Å². The number of hydrogen-bond acceptors (Lipinski definition) is 2. The standard InChI is InChI=1S/C23H24F3NO2/c24-23(25,26)18-8-4-7-17(12-18)20-13-21(20)22(28)27-11-5-6-16(14-27)15-29-19-9-2-1-3-10-19/h1-4,7-10,12,16,20-21H,5-6,11,13-15H2. The lowest BCUT2D eigenvalue weighted by molar-refractivity contribution is -0.137. The van der Waals surface area contributed by atoms with Gasteiger partial charge in [-0.1, -0.05) is 36.4 Å². The number of rotatable bonds is 5. The molecule has 2 aliphatic rings. The first-order valence-corrected chi connectivity index (χ1v) is 10.1. The van der Waals surface area contributed by atoms with E-state index in [1.165, 1.54) is 12.1 Å². The van der Waals surface area contributed by atoms with E-state index in [0.29, 0.717) is 31.7 Å². The number of halogens is 3. The highest BCUT2D eigenvalue weighted by atomic mass is 19.4. The zero-order valence-corrected chi connectivity index (χ0v) is 16.1. The van der Waals surface area contributed by atoms with E-state index in [-0.39, 0.29) is 23.7 Å². The summed E-state index contributed by atoms with van der Waals surface area (Å²) in [6.45, 7) is 1.93. The van der Waals surface area contributed by atoms with Crippen molar-refractivity contribution in [3.63, 3.8) is 0 Å². The number of likely N-dealkylation sites (tertiary alicyclic amines) is 1. The first-order valence-electron chi connectivity index (χ1n) is 10.1. The molecule has 1 aliphatic heterocycles. The summed E-state index contributed by atoms with van der Waals surface area (Å²) in [5.41, 5.74) is -0.0386. The van der Waals surface area contributed by atoms with Gasteiger partial charge in [-0.25, -0.2) is 0 Å². The van der Waals surface area contributed by atoms with Gasteiger partial charge in [-0.05, 0) is 48.9 Å². The van der Waals surface area contributed by atoms with Gasteiger partial charge in [0.1, 0.15) is 5.75 Å². The van der Waals surface area contributed by atoms with Crippen LogP contribution in [0.15, 0.2) is 54.6 Å². The molecule has 4 rings (SSSR count). The maximum Gasteiger partial charge on any atom is 0.416 e. The summed E-state index contributed by atoms with van der Waals surface area (Å²) in [6.07, 6.45) is -1.79. The van der Waals surface area contributed by atoms with Crippen molar-refractivity contribution in [2.24, 2.45) is 11.8 Å². The Labute approximate surface area is 168 Å².